The topological polar surface area (TPSA) is 41.5 Å². The predicted molar refractivity (Wildman–Crippen MR) is 87.4 cm³/mol. The first-order chi connectivity index (χ1) is 10.1. The third kappa shape index (κ3) is 6.25. The van der Waals surface area contributed by atoms with Crippen LogP contribution in [0.4, 0.5) is 0 Å². The van der Waals surface area contributed by atoms with E-state index in [2.05, 4.69) is 19.2 Å². The second kappa shape index (κ2) is 9.12. The average Bonchev–Trinajstić information content (AvgIpc) is 2.51. The minimum atomic E-state index is -0.367. The molecule has 0 bridgehead atoms. The molecule has 0 amide bonds. The van der Waals surface area contributed by atoms with Crippen molar-refractivity contribution in [1.82, 2.24) is 5.32 Å². The molecule has 2 fully saturated rings. The molecule has 0 aromatic carbocycles. The molecule has 3 nitrogen and oxygen atoms in total. The van der Waals surface area contributed by atoms with Crippen molar-refractivity contribution in [3.63, 3.8) is 0 Å². The molecule has 0 aromatic heterocycles. The maximum Gasteiger partial charge on any atom is 0.0897 e. The Morgan fingerprint density at radius 2 is 1.86 bits per heavy atom. The Morgan fingerprint density at radius 1 is 1.10 bits per heavy atom. The Hall–Kier alpha value is -0.120. The van der Waals surface area contributed by atoms with Crippen LogP contribution in [0.1, 0.15) is 71.6 Å². The first kappa shape index (κ1) is 17.2. The average molecular weight is 297 g/mol. The van der Waals surface area contributed by atoms with Crippen molar-refractivity contribution in [2.24, 2.45) is 11.8 Å². The fourth-order valence-corrected chi connectivity index (χ4v) is 3.96. The molecule has 2 N–H and O–H groups in total. The summed E-state index contributed by atoms with van der Waals surface area (Å²) in [6, 6.07) is 0.523. The van der Waals surface area contributed by atoms with Crippen LogP contribution in [0, 0.1) is 11.8 Å². The second-order valence-electron chi connectivity index (χ2n) is 7.48. The Morgan fingerprint density at radius 3 is 2.57 bits per heavy atom. The fourth-order valence-electron chi connectivity index (χ4n) is 3.96. The molecule has 124 valence electrons. The summed E-state index contributed by atoms with van der Waals surface area (Å²) >= 11 is 0. The molecule has 4 atom stereocenters. The van der Waals surface area contributed by atoms with Gasteiger partial charge in [0, 0.05) is 12.6 Å². The number of rotatable bonds is 7. The Bertz CT molecular complexity index is 278. The Kier molecular flexibility index (Phi) is 7.48. The number of aliphatic hydroxyl groups excluding tert-OH is 1. The molecule has 21 heavy (non-hydrogen) atoms. The molecule has 2 aliphatic rings. The zero-order valence-corrected chi connectivity index (χ0v) is 14.0. The lowest BCUT2D eigenvalue weighted by Crippen LogP contribution is -2.41. The van der Waals surface area contributed by atoms with Gasteiger partial charge in [0.25, 0.3) is 0 Å². The first-order valence-electron chi connectivity index (χ1n) is 9.18. The van der Waals surface area contributed by atoms with Crippen LogP contribution in [0.15, 0.2) is 0 Å². The number of ether oxygens (including phenoxy) is 1. The van der Waals surface area contributed by atoms with E-state index >= 15 is 0 Å². The minimum Gasteiger partial charge on any atom is -0.389 e. The molecule has 2 aliphatic carbocycles. The van der Waals surface area contributed by atoms with Gasteiger partial charge in [-0.25, -0.2) is 0 Å². The molecule has 0 heterocycles. The number of hydrogen-bond acceptors (Lipinski definition) is 3. The van der Waals surface area contributed by atoms with E-state index < -0.39 is 0 Å². The van der Waals surface area contributed by atoms with Crippen molar-refractivity contribution in [2.45, 2.75) is 89.9 Å². The van der Waals surface area contributed by atoms with Crippen LogP contribution < -0.4 is 5.32 Å². The molecular formula is C18H35NO2. The molecule has 0 saturated heterocycles. The highest BCUT2D eigenvalue weighted by Crippen LogP contribution is 2.27. The lowest BCUT2D eigenvalue weighted by atomic mass is 9.84. The fraction of sp³-hybridized carbons (Fsp3) is 1.00. The summed E-state index contributed by atoms with van der Waals surface area (Å²) in [7, 11) is 0. The van der Waals surface area contributed by atoms with E-state index in [0.29, 0.717) is 25.3 Å². The zero-order valence-electron chi connectivity index (χ0n) is 14.0. The molecular weight excluding hydrogens is 262 g/mol. The largest absolute Gasteiger partial charge is 0.389 e. The van der Waals surface area contributed by atoms with E-state index in [-0.39, 0.29) is 6.10 Å². The molecule has 0 aliphatic heterocycles. The van der Waals surface area contributed by atoms with Crippen molar-refractivity contribution in [1.29, 1.82) is 0 Å². The summed E-state index contributed by atoms with van der Waals surface area (Å²) < 4.78 is 5.90. The van der Waals surface area contributed by atoms with E-state index in [0.717, 1.165) is 11.8 Å². The van der Waals surface area contributed by atoms with Gasteiger partial charge < -0.3 is 15.2 Å². The van der Waals surface area contributed by atoms with Crippen molar-refractivity contribution in [3.05, 3.63) is 0 Å². The van der Waals surface area contributed by atoms with Gasteiger partial charge in [-0.15, -0.1) is 0 Å². The van der Waals surface area contributed by atoms with Gasteiger partial charge in [0.2, 0.25) is 0 Å². The number of aliphatic hydroxyl groups is 1. The SMILES string of the molecule is CC1CCCC(OCC(O)CNC(C)C2CCCCC2)C1. The van der Waals surface area contributed by atoms with E-state index in [4.69, 9.17) is 4.74 Å². The van der Waals surface area contributed by atoms with Crippen molar-refractivity contribution in [3.8, 4) is 0 Å². The lowest BCUT2D eigenvalue weighted by molar-refractivity contribution is -0.0315. The summed E-state index contributed by atoms with van der Waals surface area (Å²) in [5, 5.41) is 13.6. The normalized spacial score (nSPS) is 31.0. The van der Waals surface area contributed by atoms with Crippen LogP contribution >= 0.6 is 0 Å². The maximum atomic E-state index is 10.1. The van der Waals surface area contributed by atoms with E-state index in [1.54, 1.807) is 0 Å². The van der Waals surface area contributed by atoms with Gasteiger partial charge in [-0.3, -0.25) is 0 Å². The zero-order chi connectivity index (χ0) is 15.1. The molecule has 4 unspecified atom stereocenters. The molecule has 2 rings (SSSR count). The van der Waals surface area contributed by atoms with Gasteiger partial charge in [-0.05, 0) is 44.4 Å². The van der Waals surface area contributed by atoms with E-state index in [1.807, 2.05) is 0 Å². The summed E-state index contributed by atoms with van der Waals surface area (Å²) in [4.78, 5) is 0. The number of hydrogen-bond donors (Lipinski definition) is 2. The molecule has 2 saturated carbocycles. The summed E-state index contributed by atoms with van der Waals surface area (Å²) in [5.74, 6) is 1.58. The molecule has 3 heteroatoms. The van der Waals surface area contributed by atoms with Crippen LogP contribution in [0.5, 0.6) is 0 Å². The van der Waals surface area contributed by atoms with Crippen LogP contribution in [0.3, 0.4) is 0 Å². The first-order valence-corrected chi connectivity index (χ1v) is 9.18. The summed E-state index contributed by atoms with van der Waals surface area (Å²) in [5.41, 5.74) is 0. The van der Waals surface area contributed by atoms with Gasteiger partial charge >= 0.3 is 0 Å². The minimum absolute atomic E-state index is 0.367. The molecule has 0 aromatic rings. The molecule has 0 spiro atoms. The highest BCUT2D eigenvalue weighted by atomic mass is 16.5. The Labute approximate surface area is 130 Å². The third-order valence-corrected chi connectivity index (χ3v) is 5.44. The van der Waals surface area contributed by atoms with E-state index in [9.17, 15) is 5.11 Å². The van der Waals surface area contributed by atoms with Gasteiger partial charge in [0.05, 0.1) is 18.8 Å². The third-order valence-electron chi connectivity index (χ3n) is 5.44. The van der Waals surface area contributed by atoms with E-state index in [1.165, 1.54) is 57.8 Å². The van der Waals surface area contributed by atoms with Crippen LogP contribution in [0.2, 0.25) is 0 Å². The maximum absolute atomic E-state index is 10.1. The van der Waals surface area contributed by atoms with Gasteiger partial charge in [0.1, 0.15) is 0 Å². The van der Waals surface area contributed by atoms with Crippen LogP contribution in [-0.4, -0.2) is 36.5 Å². The standard InChI is InChI=1S/C18H35NO2/c1-14-7-6-10-18(11-14)21-13-17(20)12-19-15(2)16-8-4-3-5-9-16/h14-20H,3-13H2,1-2H3. The highest BCUT2D eigenvalue weighted by molar-refractivity contribution is 4.77. The number of nitrogens with one attached hydrogen (secondary N) is 1. The monoisotopic (exact) mass is 297 g/mol. The van der Waals surface area contributed by atoms with Crippen LogP contribution in [0.25, 0.3) is 0 Å². The predicted octanol–water partition coefficient (Wildman–Crippen LogP) is 3.50. The summed E-state index contributed by atoms with van der Waals surface area (Å²) in [6.45, 7) is 5.73. The van der Waals surface area contributed by atoms with Crippen LogP contribution in [-0.2, 0) is 4.74 Å². The van der Waals surface area contributed by atoms with Gasteiger partial charge in [-0.2, -0.15) is 0 Å². The quantitative estimate of drug-likeness (QED) is 0.755. The smallest absolute Gasteiger partial charge is 0.0897 e. The Balaban J connectivity index is 1.57. The van der Waals surface area contributed by atoms with Crippen molar-refractivity contribution >= 4 is 0 Å². The summed E-state index contributed by atoms with van der Waals surface area (Å²) in [6.07, 6.45) is 11.8. The van der Waals surface area contributed by atoms with Gasteiger partial charge in [-0.1, -0.05) is 39.0 Å². The van der Waals surface area contributed by atoms with Crippen molar-refractivity contribution < 1.29 is 9.84 Å². The highest BCUT2D eigenvalue weighted by Gasteiger charge is 2.22. The van der Waals surface area contributed by atoms with Gasteiger partial charge in [0.15, 0.2) is 0 Å². The second-order valence-corrected chi connectivity index (χ2v) is 7.48. The molecule has 0 radical (unpaired) electrons. The lowest BCUT2D eigenvalue weighted by Gasteiger charge is -2.30. The van der Waals surface area contributed by atoms with Crippen molar-refractivity contribution in [2.75, 3.05) is 13.2 Å².